The van der Waals surface area contributed by atoms with Gasteiger partial charge in [0.2, 0.25) is 0 Å². The van der Waals surface area contributed by atoms with Gasteiger partial charge in [-0.3, -0.25) is 0 Å². The van der Waals surface area contributed by atoms with Gasteiger partial charge in [0.25, 0.3) is 0 Å². The van der Waals surface area contributed by atoms with Gasteiger partial charge < -0.3 is 4.42 Å². The molecule has 0 aliphatic carbocycles. The highest BCUT2D eigenvalue weighted by Crippen LogP contribution is 2.44. The van der Waals surface area contributed by atoms with E-state index in [0.29, 0.717) is 17.5 Å². The zero-order valence-corrected chi connectivity index (χ0v) is 31.7. The lowest BCUT2D eigenvalue weighted by Gasteiger charge is -2.11. The zero-order valence-electron chi connectivity index (χ0n) is 30.9. The third-order valence-corrected chi connectivity index (χ3v) is 12.3. The van der Waals surface area contributed by atoms with Gasteiger partial charge in [0.15, 0.2) is 17.5 Å². The Morgan fingerprint density at radius 3 is 1.81 bits per heavy atom. The van der Waals surface area contributed by atoms with Crippen LogP contribution in [-0.2, 0) is 0 Å². The van der Waals surface area contributed by atoms with Gasteiger partial charge in [0.1, 0.15) is 11.2 Å². The maximum atomic E-state index is 6.41. The van der Waals surface area contributed by atoms with Crippen LogP contribution >= 0.6 is 11.3 Å². The fourth-order valence-corrected chi connectivity index (χ4v) is 9.59. The van der Waals surface area contributed by atoms with Crippen LogP contribution in [-0.4, -0.2) is 19.9 Å². The summed E-state index contributed by atoms with van der Waals surface area (Å²) in [6.45, 7) is 0. The number of hydrogen-bond donors (Lipinski definition) is 0. The Morgan fingerprint density at radius 2 is 1.00 bits per heavy atom. The van der Waals surface area contributed by atoms with Crippen LogP contribution in [0.3, 0.4) is 0 Å². The molecule has 8 aromatic carbocycles. The van der Waals surface area contributed by atoms with Gasteiger partial charge in [0.05, 0.1) is 16.8 Å². The predicted molar refractivity (Wildman–Crippen MR) is 240 cm³/mol. The monoisotopic (exact) mass is 758 g/mol. The summed E-state index contributed by atoms with van der Waals surface area (Å²) in [4.78, 5) is 20.3. The summed E-state index contributed by atoms with van der Waals surface area (Å²) in [5, 5.41) is 8.22. The second kappa shape index (κ2) is 13.0. The fraction of sp³-hybridized carbons (Fsp3) is 0. The lowest BCUT2D eigenvalue weighted by atomic mass is 9.97. The second-order valence-corrected chi connectivity index (χ2v) is 15.6. The molecule has 58 heavy (non-hydrogen) atoms. The molecule has 0 aliphatic rings. The summed E-state index contributed by atoms with van der Waals surface area (Å²) in [7, 11) is 0. The Hall–Kier alpha value is -7.54. The first kappa shape index (κ1) is 32.7. The fourth-order valence-electron chi connectivity index (χ4n) is 8.34. The molecule has 12 aromatic rings. The lowest BCUT2D eigenvalue weighted by Crippen LogP contribution is -2.00. The van der Waals surface area contributed by atoms with Gasteiger partial charge in [-0.2, -0.15) is 0 Å². The number of benzene rings is 8. The van der Waals surface area contributed by atoms with Gasteiger partial charge in [0, 0.05) is 63.8 Å². The molecule has 0 fully saturated rings. The smallest absolute Gasteiger partial charge is 0.167 e. The molecule has 0 bridgehead atoms. The number of furan rings is 1. The molecule has 5 nitrogen and oxygen atoms in total. The number of hydrogen-bond acceptors (Lipinski definition) is 6. The second-order valence-electron chi connectivity index (χ2n) is 14.6. The Balaban J connectivity index is 0.968. The van der Waals surface area contributed by atoms with Crippen LogP contribution in [0.1, 0.15) is 0 Å². The molecule has 0 unspecified atom stereocenters. The van der Waals surface area contributed by atoms with Gasteiger partial charge in [-0.1, -0.05) is 152 Å². The van der Waals surface area contributed by atoms with Gasteiger partial charge in [-0.15, -0.1) is 11.3 Å². The number of rotatable bonds is 5. The maximum absolute atomic E-state index is 6.41. The van der Waals surface area contributed by atoms with Crippen molar-refractivity contribution in [2.24, 2.45) is 0 Å². The normalized spacial score (nSPS) is 11.8. The SMILES string of the molecule is c1ccc(-c2nc(-c3ccc(-c4ccc5sc6c(ccc7c(-c8ccccc8)nc8ccccc8c76)c5c4)cc3)nc(-c3cccc4c3oc3ccccc34)n2)cc1. The van der Waals surface area contributed by atoms with Crippen molar-refractivity contribution < 1.29 is 4.42 Å². The first-order chi connectivity index (χ1) is 28.7. The van der Waals surface area contributed by atoms with Crippen molar-refractivity contribution in [3.63, 3.8) is 0 Å². The summed E-state index contributed by atoms with van der Waals surface area (Å²) in [6.07, 6.45) is 0. The van der Waals surface area contributed by atoms with E-state index in [1.165, 1.54) is 36.3 Å². The molecule has 12 rings (SSSR count). The van der Waals surface area contributed by atoms with Gasteiger partial charge in [-0.05, 0) is 41.5 Å². The summed E-state index contributed by atoms with van der Waals surface area (Å²) < 4.78 is 8.95. The van der Waals surface area contributed by atoms with E-state index in [0.717, 1.165) is 66.5 Å². The zero-order chi connectivity index (χ0) is 38.2. The highest BCUT2D eigenvalue weighted by Gasteiger charge is 2.19. The molecule has 0 radical (unpaired) electrons. The number of fused-ring (bicyclic) bond motifs is 10. The quantitative estimate of drug-likeness (QED) is 0.164. The number of aromatic nitrogens is 4. The van der Waals surface area contributed by atoms with Crippen molar-refractivity contribution in [2.45, 2.75) is 0 Å². The summed E-state index contributed by atoms with van der Waals surface area (Å²) in [5.74, 6) is 1.78. The molecular formula is C52H30N4OS. The molecule has 0 saturated heterocycles. The first-order valence-corrected chi connectivity index (χ1v) is 20.1. The van der Waals surface area contributed by atoms with Crippen LogP contribution < -0.4 is 0 Å². The van der Waals surface area contributed by atoms with E-state index in [1.807, 2.05) is 72.0 Å². The number of thiophene rings is 1. The van der Waals surface area contributed by atoms with E-state index in [2.05, 4.69) is 121 Å². The highest BCUT2D eigenvalue weighted by atomic mass is 32.1. The van der Waals surface area contributed by atoms with Gasteiger partial charge >= 0.3 is 0 Å². The van der Waals surface area contributed by atoms with E-state index in [1.54, 1.807) is 0 Å². The minimum Gasteiger partial charge on any atom is -0.455 e. The molecule has 0 spiro atoms. The predicted octanol–water partition coefficient (Wildman–Crippen LogP) is 14.2. The maximum Gasteiger partial charge on any atom is 0.167 e. The van der Waals surface area contributed by atoms with Crippen molar-refractivity contribution in [1.29, 1.82) is 0 Å². The molecule has 4 aromatic heterocycles. The van der Waals surface area contributed by atoms with Crippen molar-refractivity contribution in [3.8, 4) is 56.5 Å². The van der Waals surface area contributed by atoms with Crippen molar-refractivity contribution >= 4 is 75.1 Å². The van der Waals surface area contributed by atoms with E-state index >= 15 is 0 Å². The summed E-state index contributed by atoms with van der Waals surface area (Å²) in [5.41, 5.74) is 9.68. The highest BCUT2D eigenvalue weighted by molar-refractivity contribution is 7.26. The number of pyridine rings is 1. The van der Waals surface area contributed by atoms with Crippen LogP contribution in [0.4, 0.5) is 0 Å². The molecule has 4 heterocycles. The molecule has 0 saturated carbocycles. The third kappa shape index (κ3) is 5.23. The first-order valence-electron chi connectivity index (χ1n) is 19.3. The standard InChI is InChI=1S/C52H30N4OS/c1-3-12-32(13-4-1)47-40-28-27-38-42-30-35(26-29-45(42)58-49(38)46(40)39-17-7-9-20-43(39)53-47)31-22-24-34(25-23-31)51-54-50(33-14-5-2-6-15-33)55-52(56-51)41-19-11-18-37-36-16-8-10-21-44(36)57-48(37)41/h1-30H. The van der Waals surface area contributed by atoms with Gasteiger partial charge in [-0.25, -0.2) is 19.9 Å². The molecule has 6 heteroatoms. The Labute approximate surface area is 336 Å². The summed E-state index contributed by atoms with van der Waals surface area (Å²) in [6, 6.07) is 63.3. The molecule has 0 atom stereocenters. The van der Waals surface area contributed by atoms with Crippen molar-refractivity contribution in [3.05, 3.63) is 182 Å². The topological polar surface area (TPSA) is 64.7 Å². The van der Waals surface area contributed by atoms with Crippen LogP contribution in [0.5, 0.6) is 0 Å². The van der Waals surface area contributed by atoms with E-state index < -0.39 is 0 Å². The Kier molecular flexibility index (Phi) is 7.33. The van der Waals surface area contributed by atoms with Crippen molar-refractivity contribution in [1.82, 2.24) is 19.9 Å². The molecule has 270 valence electrons. The van der Waals surface area contributed by atoms with E-state index in [4.69, 9.17) is 24.4 Å². The Morgan fingerprint density at radius 1 is 0.379 bits per heavy atom. The molecule has 0 N–H and O–H groups in total. The Bertz CT molecular complexity index is 3560. The molecule has 0 aliphatic heterocycles. The van der Waals surface area contributed by atoms with E-state index in [9.17, 15) is 0 Å². The number of nitrogens with zero attached hydrogens (tertiary/aromatic N) is 4. The van der Waals surface area contributed by atoms with Crippen LogP contribution in [0, 0.1) is 0 Å². The van der Waals surface area contributed by atoms with E-state index in [-0.39, 0.29) is 0 Å². The molecular weight excluding hydrogens is 729 g/mol. The average Bonchev–Trinajstić information content (AvgIpc) is 3.87. The average molecular weight is 759 g/mol. The summed E-state index contributed by atoms with van der Waals surface area (Å²) >= 11 is 1.86. The van der Waals surface area contributed by atoms with Crippen molar-refractivity contribution in [2.75, 3.05) is 0 Å². The molecule has 0 amide bonds. The third-order valence-electron chi connectivity index (χ3n) is 11.1. The van der Waals surface area contributed by atoms with Crippen LogP contribution in [0.2, 0.25) is 0 Å². The van der Waals surface area contributed by atoms with Crippen LogP contribution in [0.25, 0.3) is 120 Å². The van der Waals surface area contributed by atoms with Crippen LogP contribution in [0.15, 0.2) is 186 Å². The lowest BCUT2D eigenvalue weighted by molar-refractivity contribution is 0.669. The largest absolute Gasteiger partial charge is 0.455 e. The minimum absolute atomic E-state index is 0.569. The minimum atomic E-state index is 0.569. The number of para-hydroxylation sites is 3.